The quantitative estimate of drug-likeness (QED) is 0.687. The number of anilines is 1. The van der Waals surface area contributed by atoms with Crippen LogP contribution >= 0.6 is 0 Å². The van der Waals surface area contributed by atoms with Crippen LogP contribution in [-0.4, -0.2) is 50.9 Å². The van der Waals surface area contributed by atoms with E-state index in [0.29, 0.717) is 22.7 Å². The molecule has 0 aliphatic carbocycles. The number of hydrogen-bond acceptors (Lipinski definition) is 5. The molecule has 0 aliphatic rings. The zero-order valence-corrected chi connectivity index (χ0v) is 16.2. The van der Waals surface area contributed by atoms with Gasteiger partial charge in [-0.25, -0.2) is 0 Å². The van der Waals surface area contributed by atoms with E-state index in [1.165, 1.54) is 6.92 Å². The van der Waals surface area contributed by atoms with Crippen LogP contribution in [0.1, 0.15) is 22.8 Å². The van der Waals surface area contributed by atoms with Crippen LogP contribution < -0.4 is 14.8 Å². The first kappa shape index (κ1) is 20.5. The number of rotatable bonds is 9. The number of likely N-dealkylation sites (N-methyl/N-ethyl adjacent to an activating group) is 1. The summed E-state index contributed by atoms with van der Waals surface area (Å²) in [6, 6.07) is 12.8. The Morgan fingerprint density at radius 2 is 1.78 bits per heavy atom. The van der Waals surface area contributed by atoms with Gasteiger partial charge >= 0.3 is 0 Å². The molecule has 0 unspecified atom stereocenters. The van der Waals surface area contributed by atoms with E-state index in [-0.39, 0.29) is 18.2 Å². The minimum Gasteiger partial charge on any atom is -0.493 e. The number of Topliss-reactive ketones (excluding diaryl/α,β-unsaturated/α-hetero) is 1. The number of carbonyl (C=O) groups excluding carboxylic acids is 2. The van der Waals surface area contributed by atoms with E-state index in [0.717, 1.165) is 18.5 Å². The van der Waals surface area contributed by atoms with Gasteiger partial charge in [0.05, 0.1) is 20.8 Å². The van der Waals surface area contributed by atoms with E-state index in [9.17, 15) is 9.59 Å². The van der Waals surface area contributed by atoms with Crippen molar-refractivity contribution < 1.29 is 19.1 Å². The molecule has 1 N–H and O–H groups in total. The Morgan fingerprint density at radius 1 is 1.04 bits per heavy atom. The molecule has 0 atom stereocenters. The fourth-order valence-corrected chi connectivity index (χ4v) is 2.70. The summed E-state index contributed by atoms with van der Waals surface area (Å²) in [5, 5.41) is 2.83. The molecule has 27 heavy (non-hydrogen) atoms. The van der Waals surface area contributed by atoms with E-state index >= 15 is 0 Å². The summed E-state index contributed by atoms with van der Waals surface area (Å²) < 4.78 is 10.6. The molecule has 0 saturated heterocycles. The normalized spacial score (nSPS) is 10.6. The average molecular weight is 370 g/mol. The highest BCUT2D eigenvalue weighted by Crippen LogP contribution is 2.27. The van der Waals surface area contributed by atoms with Gasteiger partial charge in [0.15, 0.2) is 17.3 Å². The molecule has 2 rings (SSSR count). The van der Waals surface area contributed by atoms with E-state index in [2.05, 4.69) is 5.32 Å². The van der Waals surface area contributed by atoms with Gasteiger partial charge in [-0.15, -0.1) is 0 Å². The Balaban J connectivity index is 1.86. The number of nitrogens with zero attached hydrogens (tertiary/aromatic N) is 1. The Hall–Kier alpha value is -2.86. The molecule has 0 heterocycles. The average Bonchev–Trinajstić information content (AvgIpc) is 2.66. The Bertz CT molecular complexity index is 805. The topological polar surface area (TPSA) is 67.9 Å². The third kappa shape index (κ3) is 6.11. The smallest absolute Gasteiger partial charge is 0.238 e. The molecule has 0 saturated carbocycles. The monoisotopic (exact) mass is 370 g/mol. The van der Waals surface area contributed by atoms with Gasteiger partial charge in [-0.3, -0.25) is 14.5 Å². The molecular formula is C21H26N2O4. The Kier molecular flexibility index (Phi) is 7.37. The van der Waals surface area contributed by atoms with E-state index in [4.69, 9.17) is 9.47 Å². The molecule has 0 aromatic heterocycles. The van der Waals surface area contributed by atoms with Gasteiger partial charge in [0.1, 0.15) is 0 Å². The van der Waals surface area contributed by atoms with Crippen LogP contribution in [0.5, 0.6) is 11.5 Å². The van der Waals surface area contributed by atoms with Crippen molar-refractivity contribution in [2.24, 2.45) is 0 Å². The Labute approximate surface area is 160 Å². The standard InChI is InChI=1S/C21H26N2O4/c1-15(24)17-6-5-7-18(13-17)22-21(25)14-23(2)11-10-16-8-9-19(26-3)20(12-16)27-4/h5-9,12-13H,10-11,14H2,1-4H3,(H,22,25). The molecule has 0 spiro atoms. The second-order valence-corrected chi connectivity index (χ2v) is 6.36. The zero-order chi connectivity index (χ0) is 19.8. The molecule has 0 bridgehead atoms. The van der Waals surface area contributed by atoms with Crippen molar-refractivity contribution in [1.82, 2.24) is 4.90 Å². The van der Waals surface area contributed by atoms with Crippen LogP contribution in [0, 0.1) is 0 Å². The number of benzene rings is 2. The number of ether oxygens (including phenoxy) is 2. The first-order valence-corrected chi connectivity index (χ1v) is 8.73. The van der Waals surface area contributed by atoms with Gasteiger partial charge in [0.25, 0.3) is 0 Å². The summed E-state index contributed by atoms with van der Waals surface area (Å²) in [6.45, 7) is 2.48. The van der Waals surface area contributed by atoms with Gasteiger partial charge in [-0.2, -0.15) is 0 Å². The van der Waals surface area contributed by atoms with Crippen LogP contribution in [-0.2, 0) is 11.2 Å². The zero-order valence-electron chi connectivity index (χ0n) is 16.2. The van der Waals surface area contributed by atoms with Crippen LogP contribution in [0.4, 0.5) is 5.69 Å². The second-order valence-electron chi connectivity index (χ2n) is 6.36. The summed E-state index contributed by atoms with van der Waals surface area (Å²) in [5.41, 5.74) is 2.31. The van der Waals surface area contributed by atoms with Crippen LogP contribution in [0.3, 0.4) is 0 Å². The number of methoxy groups -OCH3 is 2. The molecule has 2 aromatic rings. The van der Waals surface area contributed by atoms with Crippen molar-refractivity contribution in [3.63, 3.8) is 0 Å². The van der Waals surface area contributed by atoms with Crippen molar-refractivity contribution in [3.8, 4) is 11.5 Å². The summed E-state index contributed by atoms with van der Waals surface area (Å²) in [4.78, 5) is 25.6. The lowest BCUT2D eigenvalue weighted by Crippen LogP contribution is -2.31. The molecule has 6 heteroatoms. The lowest BCUT2D eigenvalue weighted by Gasteiger charge is -2.17. The summed E-state index contributed by atoms with van der Waals surface area (Å²) >= 11 is 0. The number of nitrogens with one attached hydrogen (secondary N) is 1. The maximum absolute atomic E-state index is 12.2. The molecule has 0 radical (unpaired) electrons. The van der Waals surface area contributed by atoms with Crippen molar-refractivity contribution in [3.05, 3.63) is 53.6 Å². The van der Waals surface area contributed by atoms with Gasteiger partial charge in [0.2, 0.25) is 5.91 Å². The van der Waals surface area contributed by atoms with Crippen LogP contribution in [0.15, 0.2) is 42.5 Å². The van der Waals surface area contributed by atoms with Gasteiger partial charge in [0, 0.05) is 17.8 Å². The number of ketones is 1. The first-order valence-electron chi connectivity index (χ1n) is 8.73. The van der Waals surface area contributed by atoms with Gasteiger partial charge in [-0.1, -0.05) is 18.2 Å². The van der Waals surface area contributed by atoms with E-state index in [1.54, 1.807) is 38.5 Å². The molecule has 2 aromatic carbocycles. The summed E-state index contributed by atoms with van der Waals surface area (Å²) in [5.74, 6) is 1.24. The molecule has 0 aliphatic heterocycles. The Morgan fingerprint density at radius 3 is 2.44 bits per heavy atom. The van der Waals surface area contributed by atoms with Gasteiger partial charge < -0.3 is 14.8 Å². The van der Waals surface area contributed by atoms with E-state index in [1.807, 2.05) is 30.1 Å². The number of carbonyl (C=O) groups is 2. The van der Waals surface area contributed by atoms with Crippen molar-refractivity contribution in [2.75, 3.05) is 39.7 Å². The number of hydrogen-bond donors (Lipinski definition) is 1. The highest BCUT2D eigenvalue weighted by molar-refractivity contribution is 5.97. The second kappa shape index (κ2) is 9.73. The first-order chi connectivity index (χ1) is 12.9. The van der Waals surface area contributed by atoms with Crippen LogP contribution in [0.25, 0.3) is 0 Å². The highest BCUT2D eigenvalue weighted by Gasteiger charge is 2.10. The lowest BCUT2D eigenvalue weighted by molar-refractivity contribution is -0.117. The van der Waals surface area contributed by atoms with E-state index < -0.39 is 0 Å². The van der Waals surface area contributed by atoms with Crippen molar-refractivity contribution in [2.45, 2.75) is 13.3 Å². The predicted octanol–water partition coefficient (Wildman–Crippen LogP) is 3.02. The fourth-order valence-electron chi connectivity index (χ4n) is 2.70. The lowest BCUT2D eigenvalue weighted by atomic mass is 10.1. The molecule has 0 fully saturated rings. The molecule has 144 valence electrons. The number of amides is 1. The van der Waals surface area contributed by atoms with Gasteiger partial charge in [-0.05, 0) is 50.2 Å². The maximum Gasteiger partial charge on any atom is 0.238 e. The minimum atomic E-state index is -0.120. The largest absolute Gasteiger partial charge is 0.493 e. The van der Waals surface area contributed by atoms with Crippen molar-refractivity contribution in [1.29, 1.82) is 0 Å². The third-order valence-corrected chi connectivity index (χ3v) is 4.20. The summed E-state index contributed by atoms with van der Waals surface area (Å²) in [7, 11) is 5.11. The third-order valence-electron chi connectivity index (χ3n) is 4.20. The maximum atomic E-state index is 12.2. The fraction of sp³-hybridized carbons (Fsp3) is 0.333. The van der Waals surface area contributed by atoms with Crippen molar-refractivity contribution >= 4 is 17.4 Å². The molecule has 1 amide bonds. The predicted molar refractivity (Wildman–Crippen MR) is 106 cm³/mol. The molecule has 6 nitrogen and oxygen atoms in total. The molecular weight excluding hydrogens is 344 g/mol. The highest BCUT2D eigenvalue weighted by atomic mass is 16.5. The summed E-state index contributed by atoms with van der Waals surface area (Å²) in [6.07, 6.45) is 0.782. The van der Waals surface area contributed by atoms with Crippen LogP contribution in [0.2, 0.25) is 0 Å². The minimum absolute atomic E-state index is 0.0295. The SMILES string of the molecule is COc1ccc(CCN(C)CC(=O)Nc2cccc(C(C)=O)c2)cc1OC.